The third kappa shape index (κ3) is 2.96. The number of nitrogens with zero attached hydrogens (tertiary/aromatic N) is 1. The zero-order chi connectivity index (χ0) is 12.1. The number of hydrogen-bond acceptors (Lipinski definition) is 4. The van der Waals surface area contributed by atoms with Gasteiger partial charge in [-0.1, -0.05) is 25.7 Å². The molecule has 17 heavy (non-hydrogen) atoms. The molecule has 2 rings (SSSR count). The van der Waals surface area contributed by atoms with Crippen LogP contribution in [0, 0.1) is 5.92 Å². The van der Waals surface area contributed by atoms with Crippen molar-refractivity contribution in [3.05, 3.63) is 24.0 Å². The molecule has 1 aromatic rings. The summed E-state index contributed by atoms with van der Waals surface area (Å²) < 4.78 is 0. The first-order valence-electron chi connectivity index (χ1n) is 6.48. The first-order chi connectivity index (χ1) is 8.33. The molecule has 1 aliphatic carbocycles. The van der Waals surface area contributed by atoms with Gasteiger partial charge in [0.15, 0.2) is 0 Å². The van der Waals surface area contributed by atoms with Crippen LogP contribution in [0.3, 0.4) is 0 Å². The third-order valence-electron chi connectivity index (χ3n) is 3.77. The van der Waals surface area contributed by atoms with Gasteiger partial charge in [0.1, 0.15) is 0 Å². The topological polar surface area (TPSA) is 77.0 Å². The van der Waals surface area contributed by atoms with Crippen LogP contribution < -0.4 is 17.0 Å². The smallest absolute Gasteiger partial charge is 0.0523 e. The highest BCUT2D eigenvalue weighted by molar-refractivity contribution is 5.46. The lowest BCUT2D eigenvalue weighted by atomic mass is 9.87. The van der Waals surface area contributed by atoms with Crippen molar-refractivity contribution in [3.8, 4) is 0 Å². The average Bonchev–Trinajstić information content (AvgIpc) is 2.62. The fourth-order valence-corrected chi connectivity index (χ4v) is 2.80. The van der Waals surface area contributed by atoms with Crippen molar-refractivity contribution in [2.24, 2.45) is 11.8 Å². The van der Waals surface area contributed by atoms with Gasteiger partial charge in [0.2, 0.25) is 0 Å². The van der Waals surface area contributed by atoms with Gasteiger partial charge in [0.25, 0.3) is 0 Å². The lowest BCUT2D eigenvalue weighted by Gasteiger charge is -2.26. The van der Waals surface area contributed by atoms with Crippen molar-refractivity contribution < 1.29 is 0 Å². The number of hydrogen-bond donors (Lipinski definition) is 3. The minimum atomic E-state index is 0.141. The van der Waals surface area contributed by atoms with Crippen LogP contribution in [-0.4, -0.2) is 4.98 Å². The van der Waals surface area contributed by atoms with Crippen LogP contribution in [0.25, 0.3) is 0 Å². The van der Waals surface area contributed by atoms with E-state index >= 15 is 0 Å². The van der Waals surface area contributed by atoms with Gasteiger partial charge < -0.3 is 5.73 Å². The Kier molecular flexibility index (Phi) is 4.34. The van der Waals surface area contributed by atoms with Gasteiger partial charge in [-0.15, -0.1) is 0 Å². The van der Waals surface area contributed by atoms with E-state index in [9.17, 15) is 0 Å². The molecule has 1 atom stereocenters. The SMILES string of the molecule is NNC(c1cnccc1N)C1CCCCCC1. The summed E-state index contributed by atoms with van der Waals surface area (Å²) in [6.45, 7) is 0. The van der Waals surface area contributed by atoms with Crippen LogP contribution >= 0.6 is 0 Å². The molecule has 1 aromatic heterocycles. The monoisotopic (exact) mass is 234 g/mol. The molecule has 1 aliphatic rings. The van der Waals surface area contributed by atoms with Crippen LogP contribution in [-0.2, 0) is 0 Å². The molecule has 94 valence electrons. The van der Waals surface area contributed by atoms with E-state index in [-0.39, 0.29) is 6.04 Å². The molecule has 1 fully saturated rings. The quantitative estimate of drug-likeness (QED) is 0.425. The summed E-state index contributed by atoms with van der Waals surface area (Å²) in [6, 6.07) is 1.98. The first-order valence-corrected chi connectivity index (χ1v) is 6.48. The van der Waals surface area contributed by atoms with E-state index in [0.29, 0.717) is 5.92 Å². The second kappa shape index (κ2) is 5.98. The lowest BCUT2D eigenvalue weighted by Crippen LogP contribution is -2.34. The number of nitrogens with two attached hydrogens (primary N) is 2. The molecule has 0 aromatic carbocycles. The second-order valence-corrected chi connectivity index (χ2v) is 4.90. The van der Waals surface area contributed by atoms with Crippen molar-refractivity contribution in [2.45, 2.75) is 44.6 Å². The van der Waals surface area contributed by atoms with Crippen LogP contribution in [0.5, 0.6) is 0 Å². The maximum absolute atomic E-state index is 6.01. The average molecular weight is 234 g/mol. The Hall–Kier alpha value is -1.13. The zero-order valence-corrected chi connectivity index (χ0v) is 10.2. The summed E-state index contributed by atoms with van der Waals surface area (Å²) in [6.07, 6.45) is 11.3. The molecule has 0 aliphatic heterocycles. The van der Waals surface area contributed by atoms with E-state index in [1.165, 1.54) is 38.5 Å². The van der Waals surface area contributed by atoms with E-state index < -0.39 is 0 Å². The third-order valence-corrected chi connectivity index (χ3v) is 3.77. The van der Waals surface area contributed by atoms with Crippen molar-refractivity contribution in [3.63, 3.8) is 0 Å². The van der Waals surface area contributed by atoms with Crippen LogP contribution in [0.4, 0.5) is 5.69 Å². The van der Waals surface area contributed by atoms with Crippen LogP contribution in [0.15, 0.2) is 18.5 Å². The van der Waals surface area contributed by atoms with Gasteiger partial charge >= 0.3 is 0 Å². The van der Waals surface area contributed by atoms with Gasteiger partial charge in [0.05, 0.1) is 6.04 Å². The molecule has 5 N–H and O–H groups in total. The molecule has 4 nitrogen and oxygen atoms in total. The second-order valence-electron chi connectivity index (χ2n) is 4.90. The van der Waals surface area contributed by atoms with E-state index in [1.807, 2.05) is 12.3 Å². The Morgan fingerprint density at radius 1 is 1.24 bits per heavy atom. The number of anilines is 1. The Morgan fingerprint density at radius 2 is 1.94 bits per heavy atom. The van der Waals surface area contributed by atoms with E-state index in [1.54, 1.807) is 6.20 Å². The van der Waals surface area contributed by atoms with Gasteiger partial charge in [-0.3, -0.25) is 16.3 Å². The molecule has 1 unspecified atom stereocenters. The molecule has 1 heterocycles. The van der Waals surface area contributed by atoms with Crippen molar-refractivity contribution in [1.29, 1.82) is 0 Å². The predicted molar refractivity (Wildman–Crippen MR) is 69.9 cm³/mol. The highest BCUT2D eigenvalue weighted by Gasteiger charge is 2.24. The van der Waals surface area contributed by atoms with Crippen molar-refractivity contribution in [1.82, 2.24) is 10.4 Å². The Morgan fingerprint density at radius 3 is 2.53 bits per heavy atom. The summed E-state index contributed by atoms with van der Waals surface area (Å²) in [5, 5.41) is 0. The standard InChI is InChI=1S/C13H22N4/c14-12-7-8-16-9-11(12)13(17-15)10-5-3-1-2-4-6-10/h7-10,13,17H,1-6,15H2,(H2,14,16). The van der Waals surface area contributed by atoms with Gasteiger partial charge in [-0.25, -0.2) is 0 Å². The van der Waals surface area contributed by atoms with Crippen molar-refractivity contribution >= 4 is 5.69 Å². The van der Waals surface area contributed by atoms with E-state index in [0.717, 1.165) is 11.3 Å². The molecular weight excluding hydrogens is 212 g/mol. The van der Waals surface area contributed by atoms with E-state index in [2.05, 4.69) is 10.4 Å². The maximum Gasteiger partial charge on any atom is 0.0523 e. The molecule has 0 amide bonds. The summed E-state index contributed by atoms with van der Waals surface area (Å²) in [7, 11) is 0. The number of pyridine rings is 1. The number of rotatable bonds is 3. The van der Waals surface area contributed by atoms with Crippen LogP contribution in [0.1, 0.15) is 50.1 Å². The predicted octanol–water partition coefficient (Wildman–Crippen LogP) is 2.14. The molecule has 0 radical (unpaired) electrons. The molecule has 1 saturated carbocycles. The number of aromatic nitrogens is 1. The number of hydrazine groups is 1. The minimum absolute atomic E-state index is 0.141. The minimum Gasteiger partial charge on any atom is -0.398 e. The fraction of sp³-hybridized carbons (Fsp3) is 0.615. The Balaban J connectivity index is 2.17. The number of nitrogen functional groups attached to an aromatic ring is 1. The molecule has 0 spiro atoms. The molecule has 0 saturated heterocycles. The summed E-state index contributed by atoms with van der Waals surface area (Å²) >= 11 is 0. The van der Waals surface area contributed by atoms with Gasteiger partial charge in [-0.05, 0) is 24.8 Å². The Bertz CT molecular complexity index is 345. The Labute approximate surface area is 103 Å². The van der Waals surface area contributed by atoms with Gasteiger partial charge in [-0.2, -0.15) is 0 Å². The highest BCUT2D eigenvalue weighted by Crippen LogP contribution is 2.34. The van der Waals surface area contributed by atoms with Gasteiger partial charge in [0, 0.05) is 23.6 Å². The summed E-state index contributed by atoms with van der Waals surface area (Å²) in [5.74, 6) is 6.30. The first kappa shape index (κ1) is 12.3. The highest BCUT2D eigenvalue weighted by atomic mass is 15.2. The normalized spacial score (nSPS) is 19.8. The molecule has 4 heteroatoms. The largest absolute Gasteiger partial charge is 0.398 e. The number of nitrogens with one attached hydrogen (secondary N) is 1. The summed E-state index contributed by atoms with van der Waals surface area (Å²) in [5.41, 5.74) is 10.8. The fourth-order valence-electron chi connectivity index (χ4n) is 2.80. The maximum atomic E-state index is 6.01. The molecular formula is C13H22N4. The van der Waals surface area contributed by atoms with E-state index in [4.69, 9.17) is 11.6 Å². The zero-order valence-electron chi connectivity index (χ0n) is 10.2. The van der Waals surface area contributed by atoms with Crippen LogP contribution in [0.2, 0.25) is 0 Å². The lowest BCUT2D eigenvalue weighted by molar-refractivity contribution is 0.329. The van der Waals surface area contributed by atoms with Crippen molar-refractivity contribution in [2.75, 3.05) is 5.73 Å². The molecule has 0 bridgehead atoms. The summed E-state index contributed by atoms with van der Waals surface area (Å²) in [4.78, 5) is 4.16.